The highest BCUT2D eigenvalue weighted by molar-refractivity contribution is 6.15. The molecule has 0 bridgehead atoms. The normalized spacial score (nSPS) is 16.4. The van der Waals surface area contributed by atoms with E-state index in [9.17, 15) is 32.3 Å². The number of anilines is 7. The zero-order valence-corrected chi connectivity index (χ0v) is 83.3. The Kier molecular flexibility index (Phi) is 31.7. The Bertz CT molecular complexity index is 7290. The molecule has 30 nitrogen and oxygen atoms in total. The number of likely N-dealkylation sites (tertiary alicyclic amines) is 4. The van der Waals surface area contributed by atoms with Crippen LogP contribution in [0.1, 0.15) is 200 Å². The van der Waals surface area contributed by atoms with Crippen molar-refractivity contribution in [1.29, 1.82) is 0 Å². The first-order valence-electron chi connectivity index (χ1n) is 52.1. The zero-order valence-electron chi connectivity index (χ0n) is 83.3. The number of pyridine rings is 7. The lowest BCUT2D eigenvalue weighted by Crippen LogP contribution is -2.34. The van der Waals surface area contributed by atoms with Crippen LogP contribution in [-0.2, 0) is 26.2 Å². The highest BCUT2D eigenvalue weighted by Crippen LogP contribution is 2.36. The SMILES string of the molecule is CC1CCN(c2ccc(NC(=O)c3n[nH]c4ccc(-c5cncc(CN6CCCCC6)c5)cc34)cn2)CC1.CC1CCN(c2ncc(NC(=O)c3n[nH]c4ccc(-c5cncc(CN6CCCCC6)c5)cc34)cc2F)CC1.O=C(Nc1cccc(F)c1)c1n[nH]c2ccc(-c3cncc(CN4CCCCC4)c3)cc12.O=C(Nc1cnc(N2CCCCC2)c(F)c1)c1n[nH]c2ccc(-c3cncc(CN4CCCCC4)c3)cc12. The van der Waals surface area contributed by atoms with Crippen molar-refractivity contribution in [2.75, 3.05) is 128 Å². The third kappa shape index (κ3) is 25.0. The van der Waals surface area contributed by atoms with E-state index in [0.29, 0.717) is 62.2 Å². The van der Waals surface area contributed by atoms with Crippen molar-refractivity contribution in [2.45, 2.75) is 162 Å². The van der Waals surface area contributed by atoms with Crippen LogP contribution in [0.4, 0.5) is 53.4 Å². The minimum atomic E-state index is -0.437. The molecule has 7 fully saturated rings. The monoisotopic (exact) mass is 1980 g/mol. The van der Waals surface area contributed by atoms with Gasteiger partial charge in [-0.15, -0.1) is 0 Å². The fourth-order valence-corrected chi connectivity index (χ4v) is 20.9. The first-order chi connectivity index (χ1) is 71.9. The molecule has 8 N–H and O–H groups in total. The Hall–Kier alpha value is -15.1. The summed E-state index contributed by atoms with van der Waals surface area (Å²) in [4.78, 5) is 99.6. The summed E-state index contributed by atoms with van der Waals surface area (Å²) in [5.74, 6) is 0.287. The molecule has 0 atom stereocenters. The Balaban J connectivity index is 0.000000119. The van der Waals surface area contributed by atoms with Crippen molar-refractivity contribution >= 4 is 107 Å². The van der Waals surface area contributed by atoms with E-state index in [1.807, 2.05) is 144 Å². The molecule has 0 unspecified atom stereocenters. The number of carbonyl (C=O) groups is 4. The highest BCUT2D eigenvalue weighted by atomic mass is 19.1. The second-order valence-electron chi connectivity index (χ2n) is 40.2. The molecule has 0 radical (unpaired) electrons. The van der Waals surface area contributed by atoms with Crippen LogP contribution in [0, 0.1) is 29.3 Å². The van der Waals surface area contributed by atoms with Gasteiger partial charge in [-0.05, 0) is 308 Å². The molecule has 0 aliphatic carbocycles. The third-order valence-corrected chi connectivity index (χ3v) is 29.1. The quantitative estimate of drug-likeness (QED) is 0.0295. The first kappa shape index (κ1) is 99.3. The lowest BCUT2D eigenvalue weighted by molar-refractivity contribution is 0.101. The second-order valence-corrected chi connectivity index (χ2v) is 40.2. The second kappa shape index (κ2) is 47.0. The highest BCUT2D eigenvalue weighted by Gasteiger charge is 2.28. The standard InChI is InChI=1S/C30H34FN7O.C30H35N7O.C29H32FN7O.C25H24FN5O/c1-20-7-11-38(12-8-20)29-26(31)15-24(18-33-29)34-30(39)28-25-14-22(5-6-27(25)35-36-28)23-13-21(16-32-17-23)19-37-9-3-2-4-10-37;1-21-9-13-37(14-10-21)28-8-6-25(19-32-28)33-30(38)29-26-16-23(5-7-27(26)34-35-29)24-15-22(17-31-18-24)20-36-11-3-2-4-12-36;30-25-15-23(18-32-28(25)37-11-5-2-6-12-37)33-29(38)27-24-14-21(7-8-26(24)34-35-27)22-13-20(16-31-17-22)19-36-9-3-1-4-10-36;26-20-5-4-6-21(13-20)28-25(32)24-22-12-18(7-8-23(22)29-30-24)19-11-17(14-27-15-19)16-31-9-2-1-3-10-31/h5-6,13-18,20H,2-4,7-12,19H2,1H3,(H,34,39)(H,35,36);5-8,15-19,21H,2-4,9-14,20H2,1H3,(H,33,38)(H,34,35);7-8,13-18H,1-6,9-12,19H2,(H,33,38)(H,34,35);4-8,11-15H,1-3,9-10,16H2,(H,28,32)(H,29,30). The van der Waals surface area contributed by atoms with Crippen LogP contribution in [0.3, 0.4) is 0 Å². The van der Waals surface area contributed by atoms with Crippen LogP contribution < -0.4 is 36.0 Å². The Morgan fingerprint density at radius 1 is 0.293 bits per heavy atom. The predicted octanol–water partition coefficient (Wildman–Crippen LogP) is 21.5. The fourth-order valence-electron chi connectivity index (χ4n) is 20.9. The van der Waals surface area contributed by atoms with Crippen LogP contribution in [0.15, 0.2) is 214 Å². The number of halogens is 3. The number of aromatic amines is 4. The number of benzene rings is 5. The molecule has 7 saturated heterocycles. The summed E-state index contributed by atoms with van der Waals surface area (Å²) in [6.45, 7) is 22.4. The van der Waals surface area contributed by atoms with Gasteiger partial charge in [0.25, 0.3) is 23.6 Å². The largest absolute Gasteiger partial charge is 0.357 e. The van der Waals surface area contributed by atoms with Crippen molar-refractivity contribution in [3.05, 3.63) is 276 Å². The molecule has 0 spiro atoms. The molecule has 147 heavy (non-hydrogen) atoms. The number of H-pyrrole nitrogens is 4. The van der Waals surface area contributed by atoms with Gasteiger partial charge in [0.1, 0.15) is 11.6 Å². The Labute approximate surface area is 852 Å². The molecular weight excluding hydrogens is 1850 g/mol. The minimum Gasteiger partial charge on any atom is -0.357 e. The molecule has 4 amide bonds. The van der Waals surface area contributed by atoms with Gasteiger partial charge in [-0.25, -0.2) is 28.1 Å². The van der Waals surface area contributed by atoms with E-state index < -0.39 is 35.2 Å². The molecule has 33 heteroatoms. The van der Waals surface area contributed by atoms with Gasteiger partial charge < -0.3 is 36.0 Å². The lowest BCUT2D eigenvalue weighted by atomic mass is 9.99. The maximum Gasteiger partial charge on any atom is 0.276 e. The maximum absolute atomic E-state index is 14.9. The number of hydrogen-bond acceptors (Lipinski definition) is 22. The number of aromatic nitrogens is 15. The van der Waals surface area contributed by atoms with E-state index in [1.54, 1.807) is 18.3 Å². The number of rotatable bonds is 23. The number of amides is 4. The van der Waals surface area contributed by atoms with Crippen LogP contribution in [0.2, 0.25) is 0 Å². The minimum absolute atomic E-state index is 0.249. The smallest absolute Gasteiger partial charge is 0.276 e. The lowest BCUT2D eigenvalue weighted by Gasteiger charge is -2.31. The fraction of sp³-hybridized carbons (Fsp3) is 0.360. The average Bonchev–Trinajstić information content (AvgIpc) is 1.67. The van der Waals surface area contributed by atoms with Gasteiger partial charge in [-0.3, -0.25) is 79.1 Å². The van der Waals surface area contributed by atoms with Crippen molar-refractivity contribution in [1.82, 2.24) is 95.3 Å². The van der Waals surface area contributed by atoms with E-state index in [1.165, 1.54) is 149 Å². The van der Waals surface area contributed by atoms with Crippen LogP contribution >= 0.6 is 0 Å². The number of piperidine rings is 7. The summed E-state index contributed by atoms with van der Waals surface area (Å²) < 4.78 is 43.2. The summed E-state index contributed by atoms with van der Waals surface area (Å²) >= 11 is 0. The first-order valence-corrected chi connectivity index (χ1v) is 52.1. The van der Waals surface area contributed by atoms with E-state index in [4.69, 9.17) is 0 Å². The molecule has 7 aliphatic heterocycles. The molecule has 18 heterocycles. The molecule has 16 aromatic rings. The van der Waals surface area contributed by atoms with Gasteiger partial charge in [-0.1, -0.05) is 69.9 Å². The van der Waals surface area contributed by atoms with E-state index >= 15 is 0 Å². The number of fused-ring (bicyclic) bond motifs is 4. The summed E-state index contributed by atoms with van der Waals surface area (Å²) in [5, 5.41) is 42.9. The maximum atomic E-state index is 14.9. The zero-order chi connectivity index (χ0) is 100. The van der Waals surface area contributed by atoms with Gasteiger partial charge >= 0.3 is 0 Å². The van der Waals surface area contributed by atoms with Gasteiger partial charge in [0, 0.05) is 177 Å². The summed E-state index contributed by atoms with van der Waals surface area (Å²) in [7, 11) is 0. The molecule has 11 aromatic heterocycles. The molecule has 23 rings (SSSR count). The van der Waals surface area contributed by atoms with E-state index in [0.717, 1.165) is 234 Å². The summed E-state index contributed by atoms with van der Waals surface area (Å²) in [6.07, 6.45) is 42.9. The predicted molar refractivity (Wildman–Crippen MR) is 572 cm³/mol. The number of nitrogens with one attached hydrogen (secondary N) is 8. The van der Waals surface area contributed by atoms with Crippen LogP contribution in [0.25, 0.3) is 88.1 Å². The van der Waals surface area contributed by atoms with Crippen molar-refractivity contribution in [2.24, 2.45) is 11.8 Å². The third-order valence-electron chi connectivity index (χ3n) is 29.1. The summed E-state index contributed by atoms with van der Waals surface area (Å²) in [5.41, 5.74) is 18.5. The van der Waals surface area contributed by atoms with Gasteiger partial charge in [0.15, 0.2) is 46.0 Å². The van der Waals surface area contributed by atoms with Crippen molar-refractivity contribution in [3.63, 3.8) is 0 Å². The molecule has 7 aliphatic rings. The number of nitrogens with zero attached hydrogens (tertiary/aromatic N) is 18. The topological polar surface area (TPSA) is 344 Å². The number of carbonyl (C=O) groups excluding carboxylic acids is 4. The van der Waals surface area contributed by atoms with Gasteiger partial charge in [-0.2, -0.15) is 20.4 Å². The van der Waals surface area contributed by atoms with Gasteiger partial charge in [0.05, 0.1) is 57.7 Å². The molecular formula is C114H125F3N26O4. The van der Waals surface area contributed by atoms with Crippen molar-refractivity contribution < 1.29 is 32.3 Å². The molecule has 756 valence electrons. The summed E-state index contributed by atoms with van der Waals surface area (Å²) in [6, 6.07) is 44.7. The average molecular weight is 1980 g/mol. The number of hydrogen-bond donors (Lipinski definition) is 8. The Morgan fingerprint density at radius 2 is 0.599 bits per heavy atom. The van der Waals surface area contributed by atoms with E-state index in [2.05, 4.69) is 160 Å². The molecule has 5 aromatic carbocycles. The van der Waals surface area contributed by atoms with Crippen LogP contribution in [0.5, 0.6) is 0 Å². The van der Waals surface area contributed by atoms with Crippen LogP contribution in [-0.4, -0.2) is 211 Å². The van der Waals surface area contributed by atoms with Crippen molar-refractivity contribution in [3.8, 4) is 44.5 Å². The Morgan fingerprint density at radius 3 is 0.918 bits per heavy atom. The molecule has 0 saturated carbocycles. The van der Waals surface area contributed by atoms with E-state index in [-0.39, 0.29) is 23.0 Å². The van der Waals surface area contributed by atoms with Gasteiger partial charge in [0.2, 0.25) is 0 Å².